The number of carbonyl (C=O) groups excluding carboxylic acids is 2. The van der Waals surface area contributed by atoms with E-state index in [0.717, 1.165) is 38.5 Å². The fraction of sp³-hybridized carbons (Fsp3) is 0.840. The van der Waals surface area contributed by atoms with Gasteiger partial charge in [-0.2, -0.15) is 8.42 Å². The molecule has 6 atom stereocenters. The Morgan fingerprint density at radius 3 is 1.46 bits per heavy atom. The van der Waals surface area contributed by atoms with E-state index in [2.05, 4.69) is 44.2 Å². The maximum Gasteiger partial charge on any atom is 0.306 e. The summed E-state index contributed by atoms with van der Waals surface area (Å²) in [5.74, 6) is -2.04. The summed E-state index contributed by atoms with van der Waals surface area (Å²) < 4.78 is 54.1. The highest BCUT2D eigenvalue weighted by Gasteiger charge is 2.46. The summed E-state index contributed by atoms with van der Waals surface area (Å²) in [6.07, 6.45) is 37.6. The van der Waals surface area contributed by atoms with Gasteiger partial charge in [0.2, 0.25) is 0 Å². The van der Waals surface area contributed by atoms with Gasteiger partial charge in [-0.05, 0) is 44.9 Å². The largest absolute Gasteiger partial charge is 0.462 e. The molecule has 2 unspecified atom stereocenters. The summed E-state index contributed by atoms with van der Waals surface area (Å²) >= 11 is 0. The molecule has 63 heavy (non-hydrogen) atoms. The van der Waals surface area contributed by atoms with E-state index in [1.165, 1.54) is 128 Å². The van der Waals surface area contributed by atoms with Gasteiger partial charge >= 0.3 is 11.9 Å². The molecule has 1 saturated heterocycles. The van der Waals surface area contributed by atoms with Gasteiger partial charge in [-0.3, -0.25) is 14.1 Å². The molecule has 0 saturated carbocycles. The first-order valence-corrected chi connectivity index (χ1v) is 26.7. The minimum atomic E-state index is -4.61. The lowest BCUT2D eigenvalue weighted by molar-refractivity contribution is -0.297. The van der Waals surface area contributed by atoms with Gasteiger partial charge in [0.1, 0.15) is 36.8 Å². The molecule has 13 heteroatoms. The van der Waals surface area contributed by atoms with Crippen molar-refractivity contribution in [3.8, 4) is 0 Å². The van der Waals surface area contributed by atoms with Gasteiger partial charge in [0.25, 0.3) is 10.1 Å². The molecule has 0 amide bonds. The highest BCUT2D eigenvalue weighted by Crippen LogP contribution is 2.24. The standard InChI is InChI=1S/C50H90O12S/c1-3-5-7-9-11-13-15-17-19-21-23-24-26-28-30-32-34-36-38-45(51)59-40-43(41-60-50-49(55)48(54)47(53)44(62-50)42-63(56,57)58)61-46(52)39-37-35-33-31-29-27-25-22-20-18-16-14-12-10-8-6-4-2/h18,20,25,27,31,33,43-44,47-50,53-55H,3-17,19,21-24,26,28-30,32,34-42H2,1-2H3,(H,56,57,58)/b20-18+,27-25+,33-31+/t43-,44-,47-,48?,49?,50+/m1/s1. The topological polar surface area (TPSA) is 186 Å². The molecular weight excluding hydrogens is 825 g/mol. The van der Waals surface area contributed by atoms with Crippen LogP contribution in [-0.2, 0) is 38.7 Å². The molecule has 0 bridgehead atoms. The highest BCUT2D eigenvalue weighted by atomic mass is 32.2. The van der Waals surface area contributed by atoms with Gasteiger partial charge in [0.05, 0.1) is 6.61 Å². The number of unbranched alkanes of at least 4 members (excludes halogenated alkanes) is 24. The van der Waals surface area contributed by atoms with Crippen molar-refractivity contribution in [1.29, 1.82) is 0 Å². The van der Waals surface area contributed by atoms with E-state index < -0.39 is 71.2 Å². The number of allylic oxidation sites excluding steroid dienone is 6. The van der Waals surface area contributed by atoms with Crippen molar-refractivity contribution in [3.05, 3.63) is 36.5 Å². The second kappa shape index (κ2) is 40.2. The van der Waals surface area contributed by atoms with E-state index in [-0.39, 0.29) is 19.4 Å². The Morgan fingerprint density at radius 1 is 0.540 bits per heavy atom. The first-order chi connectivity index (χ1) is 30.5. The van der Waals surface area contributed by atoms with E-state index in [1.807, 2.05) is 6.08 Å². The Labute approximate surface area is 382 Å². The number of aliphatic hydroxyl groups excluding tert-OH is 3. The van der Waals surface area contributed by atoms with Crippen LogP contribution < -0.4 is 0 Å². The smallest absolute Gasteiger partial charge is 0.306 e. The quantitative estimate of drug-likeness (QED) is 0.0197. The lowest BCUT2D eigenvalue weighted by atomic mass is 10.00. The molecular formula is C50H90O12S. The van der Waals surface area contributed by atoms with Crippen LogP contribution in [0.2, 0.25) is 0 Å². The molecule has 0 aliphatic carbocycles. The Balaban J connectivity index is 2.42. The van der Waals surface area contributed by atoms with Crippen molar-refractivity contribution in [2.45, 2.75) is 250 Å². The van der Waals surface area contributed by atoms with Gasteiger partial charge < -0.3 is 34.3 Å². The van der Waals surface area contributed by atoms with Gasteiger partial charge in [0.15, 0.2) is 12.4 Å². The summed E-state index contributed by atoms with van der Waals surface area (Å²) in [5.41, 5.74) is 0. The van der Waals surface area contributed by atoms with E-state index in [4.69, 9.17) is 18.9 Å². The van der Waals surface area contributed by atoms with Crippen molar-refractivity contribution < 1.29 is 56.8 Å². The number of aliphatic hydroxyl groups is 3. The third-order valence-electron chi connectivity index (χ3n) is 11.5. The Kier molecular flexibility index (Phi) is 37.5. The monoisotopic (exact) mass is 915 g/mol. The molecule has 1 rings (SSSR count). The zero-order valence-electron chi connectivity index (χ0n) is 39.4. The van der Waals surface area contributed by atoms with Crippen LogP contribution in [0.1, 0.15) is 213 Å². The Morgan fingerprint density at radius 2 is 0.968 bits per heavy atom. The summed E-state index contributed by atoms with van der Waals surface area (Å²) in [6, 6.07) is 0. The third kappa shape index (κ3) is 34.8. The second-order valence-electron chi connectivity index (χ2n) is 17.5. The molecule has 12 nitrogen and oxygen atoms in total. The van der Waals surface area contributed by atoms with Gasteiger partial charge in [-0.1, -0.05) is 192 Å². The van der Waals surface area contributed by atoms with Crippen LogP contribution in [0.3, 0.4) is 0 Å². The minimum Gasteiger partial charge on any atom is -0.462 e. The third-order valence-corrected chi connectivity index (χ3v) is 12.2. The molecule has 0 aromatic rings. The maximum absolute atomic E-state index is 12.8. The molecule has 4 N–H and O–H groups in total. The Hall–Kier alpha value is -2.13. The number of hydrogen-bond donors (Lipinski definition) is 4. The van der Waals surface area contributed by atoms with Crippen molar-refractivity contribution in [2.75, 3.05) is 19.0 Å². The normalized spacial score (nSPS) is 20.0. The first kappa shape index (κ1) is 58.9. The zero-order valence-corrected chi connectivity index (χ0v) is 40.2. The molecule has 0 aromatic heterocycles. The summed E-state index contributed by atoms with van der Waals surface area (Å²) in [7, 11) is -4.61. The van der Waals surface area contributed by atoms with E-state index >= 15 is 0 Å². The van der Waals surface area contributed by atoms with Crippen LogP contribution in [0.5, 0.6) is 0 Å². The van der Waals surface area contributed by atoms with Crippen LogP contribution in [0.25, 0.3) is 0 Å². The number of ether oxygens (including phenoxy) is 4. The zero-order chi connectivity index (χ0) is 46.2. The number of carbonyl (C=O) groups is 2. The average Bonchev–Trinajstić information content (AvgIpc) is 3.25. The molecule has 0 aromatic carbocycles. The van der Waals surface area contributed by atoms with Crippen LogP contribution in [-0.4, -0.2) is 96.0 Å². The number of esters is 2. The highest BCUT2D eigenvalue weighted by molar-refractivity contribution is 7.85. The Bertz CT molecular complexity index is 1300. The van der Waals surface area contributed by atoms with Crippen LogP contribution in [0, 0.1) is 0 Å². The molecule has 1 aliphatic rings. The van der Waals surface area contributed by atoms with Crippen molar-refractivity contribution >= 4 is 22.1 Å². The molecule has 368 valence electrons. The van der Waals surface area contributed by atoms with Gasteiger partial charge in [0, 0.05) is 12.8 Å². The molecule has 0 radical (unpaired) electrons. The first-order valence-electron chi connectivity index (χ1n) is 25.0. The van der Waals surface area contributed by atoms with Crippen LogP contribution in [0.15, 0.2) is 36.5 Å². The van der Waals surface area contributed by atoms with Crippen molar-refractivity contribution in [1.82, 2.24) is 0 Å². The van der Waals surface area contributed by atoms with Crippen LogP contribution >= 0.6 is 0 Å². The van der Waals surface area contributed by atoms with Crippen molar-refractivity contribution in [3.63, 3.8) is 0 Å². The lowest BCUT2D eigenvalue weighted by Gasteiger charge is -2.40. The predicted molar refractivity (Wildman–Crippen MR) is 252 cm³/mol. The molecule has 1 heterocycles. The predicted octanol–water partition coefficient (Wildman–Crippen LogP) is 11.0. The SMILES string of the molecule is CCCCCCCC/C=C/C/C=C/C/C=C/CCCC(=O)O[C@H](COC(=O)CCCCCCCCCCCCCCCCCCCC)CO[C@H]1O[C@H](CS(=O)(=O)O)[C@@H](O)C(O)C1O. The number of hydrogen-bond acceptors (Lipinski definition) is 11. The van der Waals surface area contributed by atoms with Gasteiger partial charge in [-0.25, -0.2) is 0 Å². The molecule has 1 aliphatic heterocycles. The van der Waals surface area contributed by atoms with E-state index in [0.29, 0.717) is 19.3 Å². The summed E-state index contributed by atoms with van der Waals surface area (Å²) in [4.78, 5) is 25.5. The molecule has 1 fully saturated rings. The summed E-state index contributed by atoms with van der Waals surface area (Å²) in [6.45, 7) is 3.74. The van der Waals surface area contributed by atoms with Crippen LogP contribution in [0.4, 0.5) is 0 Å². The number of rotatable bonds is 42. The second-order valence-corrected chi connectivity index (χ2v) is 19.0. The maximum atomic E-state index is 12.8. The van der Waals surface area contributed by atoms with E-state index in [9.17, 15) is 37.9 Å². The summed E-state index contributed by atoms with van der Waals surface area (Å²) in [5, 5.41) is 30.9. The van der Waals surface area contributed by atoms with Crippen molar-refractivity contribution in [2.24, 2.45) is 0 Å². The van der Waals surface area contributed by atoms with E-state index in [1.54, 1.807) is 0 Å². The fourth-order valence-corrected chi connectivity index (χ4v) is 8.27. The average molecular weight is 915 g/mol. The van der Waals surface area contributed by atoms with Gasteiger partial charge in [-0.15, -0.1) is 0 Å². The molecule has 0 spiro atoms. The lowest BCUT2D eigenvalue weighted by Crippen LogP contribution is -2.60. The minimum absolute atomic E-state index is 0.0945. The fourth-order valence-electron chi connectivity index (χ4n) is 7.58.